The van der Waals surface area contributed by atoms with E-state index in [4.69, 9.17) is 27.0 Å². The monoisotopic (exact) mass is 342 g/mol. The topological polar surface area (TPSA) is 60.4 Å². The zero-order valence-corrected chi connectivity index (χ0v) is 13.3. The highest BCUT2D eigenvalue weighted by Crippen LogP contribution is 2.27. The Balaban J connectivity index is 3.26. The fraction of sp³-hybridized carbons (Fsp3) is 0.417. The van der Waals surface area contributed by atoms with Crippen molar-refractivity contribution in [3.8, 4) is 0 Å². The minimum atomic E-state index is -4.35. The molecule has 0 N–H and O–H groups in total. The van der Waals surface area contributed by atoms with Gasteiger partial charge in [-0.05, 0) is 25.0 Å². The molecule has 1 aromatic carbocycles. The summed E-state index contributed by atoms with van der Waals surface area (Å²) in [7, 11) is 0.738. The molecule has 1 aromatic rings. The number of carbonyl (C=O) groups is 1. The number of benzene rings is 1. The molecular weight excluding hydrogens is 330 g/mol. The molecule has 1 unspecified atom stereocenters. The van der Waals surface area contributed by atoms with Crippen LogP contribution in [0.3, 0.4) is 0 Å². The second-order valence-corrected chi connectivity index (χ2v) is 7.53. The van der Waals surface area contributed by atoms with Crippen molar-refractivity contribution in [2.75, 3.05) is 0 Å². The molecule has 1 atom stereocenters. The summed E-state index contributed by atoms with van der Waals surface area (Å²) in [5.41, 5.74) is -0.566. The van der Waals surface area contributed by atoms with Crippen molar-refractivity contribution in [2.45, 2.75) is 31.8 Å². The van der Waals surface area contributed by atoms with Crippen LogP contribution in [0.25, 0.3) is 0 Å². The summed E-state index contributed by atoms with van der Waals surface area (Å²) >= 11 is 5.67. The van der Waals surface area contributed by atoms with E-state index in [9.17, 15) is 17.6 Å². The summed E-state index contributed by atoms with van der Waals surface area (Å²) in [6.07, 6.45) is -0.461. The highest BCUT2D eigenvalue weighted by atomic mass is 35.7. The van der Waals surface area contributed by atoms with Gasteiger partial charge >= 0.3 is 5.97 Å². The highest BCUT2D eigenvalue weighted by molar-refractivity contribution is 8.13. The Morgan fingerprint density at radius 3 is 2.30 bits per heavy atom. The van der Waals surface area contributed by atoms with Gasteiger partial charge in [-0.3, -0.25) is 0 Å². The van der Waals surface area contributed by atoms with Crippen molar-refractivity contribution in [1.29, 1.82) is 0 Å². The quantitative estimate of drug-likeness (QED) is 0.619. The van der Waals surface area contributed by atoms with Gasteiger partial charge in [0.15, 0.2) is 5.82 Å². The Morgan fingerprint density at radius 1 is 1.30 bits per heavy atom. The first-order valence-electron chi connectivity index (χ1n) is 5.68. The lowest BCUT2D eigenvalue weighted by molar-refractivity contribution is 0.0232. The van der Waals surface area contributed by atoms with Crippen LogP contribution in [0.4, 0.5) is 4.39 Å². The lowest BCUT2D eigenvalue weighted by Gasteiger charge is -2.17. The molecule has 1 rings (SSSR count). The van der Waals surface area contributed by atoms with Crippen LogP contribution >= 0.6 is 22.3 Å². The van der Waals surface area contributed by atoms with Crippen LogP contribution in [0.1, 0.15) is 31.1 Å². The van der Waals surface area contributed by atoms with Crippen molar-refractivity contribution in [2.24, 2.45) is 5.92 Å². The zero-order valence-electron chi connectivity index (χ0n) is 11.0. The molecule has 0 saturated carbocycles. The molecule has 0 bridgehead atoms. The minimum absolute atomic E-state index is 0.0254. The third kappa shape index (κ3) is 4.07. The first-order chi connectivity index (χ1) is 9.04. The lowest BCUT2D eigenvalue weighted by atomic mass is 10.1. The molecular formula is C12H13Cl2FO4S. The van der Waals surface area contributed by atoms with Crippen LogP contribution in [-0.4, -0.2) is 20.5 Å². The maximum absolute atomic E-state index is 14.0. The summed E-state index contributed by atoms with van der Waals surface area (Å²) in [5.74, 6) is -2.24. The van der Waals surface area contributed by atoms with E-state index < -0.39 is 37.4 Å². The maximum Gasteiger partial charge on any atom is 0.341 e. The molecule has 0 heterocycles. The van der Waals surface area contributed by atoms with Crippen LogP contribution in [-0.2, 0) is 13.8 Å². The van der Waals surface area contributed by atoms with Crippen molar-refractivity contribution < 1.29 is 22.3 Å². The highest BCUT2D eigenvalue weighted by Gasteiger charge is 2.26. The summed E-state index contributed by atoms with van der Waals surface area (Å²) in [4.78, 5) is 11.0. The molecule has 4 nitrogen and oxygen atoms in total. The van der Waals surface area contributed by atoms with Gasteiger partial charge in [0.2, 0.25) is 0 Å². The number of rotatable bonds is 4. The minimum Gasteiger partial charge on any atom is -0.459 e. The van der Waals surface area contributed by atoms with Gasteiger partial charge in [-0.1, -0.05) is 25.4 Å². The van der Waals surface area contributed by atoms with Gasteiger partial charge in [-0.15, -0.1) is 0 Å². The fourth-order valence-corrected chi connectivity index (χ4v) is 2.47. The van der Waals surface area contributed by atoms with Gasteiger partial charge in [0.25, 0.3) is 9.05 Å². The Bertz CT molecular complexity index is 629. The van der Waals surface area contributed by atoms with Gasteiger partial charge in [-0.2, -0.15) is 0 Å². The molecule has 0 amide bonds. The first kappa shape index (κ1) is 17.2. The largest absolute Gasteiger partial charge is 0.459 e. The van der Waals surface area contributed by atoms with E-state index in [1.807, 2.05) is 13.8 Å². The van der Waals surface area contributed by atoms with Crippen molar-refractivity contribution >= 4 is 37.3 Å². The molecule has 0 saturated heterocycles. The summed E-state index contributed by atoms with van der Waals surface area (Å²) in [5, 5.41) is -0.130. The van der Waals surface area contributed by atoms with Crippen LogP contribution in [0.2, 0.25) is 5.02 Å². The van der Waals surface area contributed by atoms with E-state index in [1.165, 1.54) is 0 Å². The predicted octanol–water partition coefficient (Wildman–Crippen LogP) is 3.61. The van der Waals surface area contributed by atoms with Gasteiger partial charge in [-0.25, -0.2) is 17.6 Å². The number of carbonyl (C=O) groups excluding carboxylic acids is 1. The molecule has 0 fully saturated rings. The molecule has 0 radical (unpaired) electrons. The SMILES string of the molecule is CC(C)C(C)OC(=O)c1cc(Cl)cc(S(=O)(=O)Cl)c1F. The molecule has 0 spiro atoms. The molecule has 112 valence electrons. The van der Waals surface area contributed by atoms with Crippen molar-refractivity contribution in [3.63, 3.8) is 0 Å². The van der Waals surface area contributed by atoms with E-state index in [2.05, 4.69) is 0 Å². The van der Waals surface area contributed by atoms with Crippen molar-refractivity contribution in [3.05, 3.63) is 28.5 Å². The normalized spacial score (nSPS) is 13.3. The smallest absolute Gasteiger partial charge is 0.341 e. The Morgan fingerprint density at radius 2 is 1.85 bits per heavy atom. The number of esters is 1. The first-order valence-corrected chi connectivity index (χ1v) is 8.37. The van der Waals surface area contributed by atoms with E-state index in [1.54, 1.807) is 6.92 Å². The standard InChI is InChI=1S/C12H13Cl2FO4S/c1-6(2)7(3)19-12(16)9-4-8(13)5-10(11(9)15)20(14,17)18/h4-7H,1-3H3. The zero-order chi connectivity index (χ0) is 15.7. The predicted molar refractivity (Wildman–Crippen MR) is 74.2 cm³/mol. The molecule has 20 heavy (non-hydrogen) atoms. The second kappa shape index (κ2) is 6.28. The van der Waals surface area contributed by atoms with Gasteiger partial charge in [0.1, 0.15) is 11.0 Å². The van der Waals surface area contributed by atoms with E-state index in [-0.39, 0.29) is 10.9 Å². The molecule has 0 aliphatic rings. The Labute approximate surface area is 126 Å². The molecule has 0 aromatic heterocycles. The maximum atomic E-state index is 14.0. The number of ether oxygens (including phenoxy) is 1. The number of hydrogen-bond donors (Lipinski definition) is 0. The summed E-state index contributed by atoms with van der Waals surface area (Å²) in [6, 6.07) is 1.83. The van der Waals surface area contributed by atoms with Gasteiger partial charge < -0.3 is 4.74 Å². The average Bonchev–Trinajstić information content (AvgIpc) is 2.29. The average molecular weight is 343 g/mol. The number of hydrogen-bond acceptors (Lipinski definition) is 4. The third-order valence-corrected chi connectivity index (χ3v) is 4.26. The van der Waals surface area contributed by atoms with Crippen LogP contribution in [0.15, 0.2) is 17.0 Å². The van der Waals surface area contributed by atoms with Gasteiger partial charge in [0.05, 0.1) is 5.56 Å². The fourth-order valence-electron chi connectivity index (χ4n) is 1.26. The van der Waals surface area contributed by atoms with Crippen LogP contribution < -0.4 is 0 Å². The third-order valence-electron chi connectivity index (χ3n) is 2.72. The van der Waals surface area contributed by atoms with Gasteiger partial charge in [0, 0.05) is 15.7 Å². The van der Waals surface area contributed by atoms with Crippen LogP contribution in [0.5, 0.6) is 0 Å². The molecule has 0 aliphatic carbocycles. The molecule has 0 aliphatic heterocycles. The molecule has 8 heteroatoms. The summed E-state index contributed by atoms with van der Waals surface area (Å²) < 4.78 is 41.5. The summed E-state index contributed by atoms with van der Waals surface area (Å²) in [6.45, 7) is 5.28. The Kier molecular flexibility index (Phi) is 5.40. The van der Waals surface area contributed by atoms with E-state index in [0.717, 1.165) is 12.1 Å². The number of halogens is 3. The lowest BCUT2D eigenvalue weighted by Crippen LogP contribution is -2.21. The van der Waals surface area contributed by atoms with E-state index >= 15 is 0 Å². The van der Waals surface area contributed by atoms with E-state index in [0.29, 0.717) is 0 Å². The van der Waals surface area contributed by atoms with Crippen LogP contribution in [0, 0.1) is 11.7 Å². The second-order valence-electron chi connectivity index (χ2n) is 4.56. The van der Waals surface area contributed by atoms with Crippen molar-refractivity contribution in [1.82, 2.24) is 0 Å². The Hall–Kier alpha value is -0.850.